The molecule has 2 aromatic heterocycles. The van der Waals surface area contributed by atoms with Crippen molar-refractivity contribution >= 4 is 17.4 Å². The van der Waals surface area contributed by atoms with E-state index in [1.54, 1.807) is 6.20 Å². The highest BCUT2D eigenvalue weighted by Gasteiger charge is 2.20. The van der Waals surface area contributed by atoms with Crippen LogP contribution in [0.5, 0.6) is 0 Å². The maximum Gasteiger partial charge on any atom is 0.253 e. The van der Waals surface area contributed by atoms with Gasteiger partial charge in [0.05, 0.1) is 17.4 Å². The molecule has 0 atom stereocenters. The fourth-order valence-electron chi connectivity index (χ4n) is 3.98. The Morgan fingerprint density at radius 3 is 2.52 bits per heavy atom. The molecule has 3 heterocycles. The summed E-state index contributed by atoms with van der Waals surface area (Å²) in [5.74, 6) is 1.03. The summed E-state index contributed by atoms with van der Waals surface area (Å²) in [5, 5.41) is 3.18. The zero-order chi connectivity index (χ0) is 18.5. The van der Waals surface area contributed by atoms with Gasteiger partial charge in [0.1, 0.15) is 5.82 Å². The van der Waals surface area contributed by atoms with Gasteiger partial charge < -0.3 is 15.1 Å². The molecule has 0 unspecified atom stereocenters. The van der Waals surface area contributed by atoms with Gasteiger partial charge in [0, 0.05) is 44.6 Å². The van der Waals surface area contributed by atoms with E-state index in [-0.39, 0.29) is 5.91 Å². The molecular weight excluding hydrogens is 338 g/mol. The number of pyridine rings is 2. The molecule has 6 heteroatoms. The molecule has 1 N–H and O–H groups in total. The highest BCUT2D eigenvalue weighted by molar-refractivity contribution is 5.95. The third-order valence-electron chi connectivity index (χ3n) is 5.54. The van der Waals surface area contributed by atoms with Crippen molar-refractivity contribution in [3.63, 3.8) is 0 Å². The van der Waals surface area contributed by atoms with E-state index < -0.39 is 0 Å². The Bertz CT molecular complexity index is 752. The van der Waals surface area contributed by atoms with E-state index in [0.717, 1.165) is 50.5 Å². The summed E-state index contributed by atoms with van der Waals surface area (Å²) < 4.78 is 0. The number of rotatable bonds is 4. The first-order valence-corrected chi connectivity index (χ1v) is 9.96. The van der Waals surface area contributed by atoms with Crippen LogP contribution in [0.25, 0.3) is 0 Å². The molecular formula is C21H27N5O. The minimum absolute atomic E-state index is 0.00312. The second kappa shape index (κ2) is 8.37. The van der Waals surface area contributed by atoms with E-state index in [9.17, 15) is 4.79 Å². The van der Waals surface area contributed by atoms with Gasteiger partial charge in [0.15, 0.2) is 0 Å². The van der Waals surface area contributed by atoms with Gasteiger partial charge in [0.2, 0.25) is 0 Å². The number of piperazine rings is 1. The first kappa shape index (κ1) is 17.8. The lowest BCUT2D eigenvalue weighted by atomic mass is 9.95. The lowest BCUT2D eigenvalue weighted by molar-refractivity contribution is 0.0927. The monoisotopic (exact) mass is 365 g/mol. The third-order valence-corrected chi connectivity index (χ3v) is 5.54. The van der Waals surface area contributed by atoms with Crippen LogP contribution in [0, 0.1) is 0 Å². The van der Waals surface area contributed by atoms with E-state index in [4.69, 9.17) is 0 Å². The molecule has 1 amide bonds. The molecule has 1 saturated heterocycles. The quantitative estimate of drug-likeness (QED) is 0.903. The normalized spacial score (nSPS) is 18.4. The van der Waals surface area contributed by atoms with Crippen LogP contribution in [-0.2, 0) is 0 Å². The van der Waals surface area contributed by atoms with Gasteiger partial charge in [-0.15, -0.1) is 0 Å². The zero-order valence-electron chi connectivity index (χ0n) is 15.7. The number of amides is 1. The maximum absolute atomic E-state index is 12.6. The average molecular weight is 365 g/mol. The van der Waals surface area contributed by atoms with Gasteiger partial charge >= 0.3 is 0 Å². The second-order valence-electron chi connectivity index (χ2n) is 7.40. The van der Waals surface area contributed by atoms with Crippen LogP contribution in [0.2, 0.25) is 0 Å². The summed E-state index contributed by atoms with van der Waals surface area (Å²) in [6.45, 7) is 3.61. The van der Waals surface area contributed by atoms with Crippen molar-refractivity contribution in [3.05, 3.63) is 48.4 Å². The molecule has 4 rings (SSSR count). The molecule has 0 spiro atoms. The molecule has 142 valence electrons. The van der Waals surface area contributed by atoms with Gasteiger partial charge in [-0.05, 0) is 31.0 Å². The van der Waals surface area contributed by atoms with Crippen molar-refractivity contribution in [1.29, 1.82) is 0 Å². The average Bonchev–Trinajstić information content (AvgIpc) is 2.75. The Kier molecular flexibility index (Phi) is 5.51. The fraction of sp³-hybridized carbons (Fsp3) is 0.476. The SMILES string of the molecule is O=C(NC1CCCCC1)c1cncc(N2CCN(c3ccccn3)CC2)c1. The molecule has 1 aliphatic carbocycles. The summed E-state index contributed by atoms with van der Waals surface area (Å²) in [7, 11) is 0. The maximum atomic E-state index is 12.6. The molecule has 6 nitrogen and oxygen atoms in total. The molecule has 2 fully saturated rings. The van der Waals surface area contributed by atoms with Crippen LogP contribution >= 0.6 is 0 Å². The summed E-state index contributed by atoms with van der Waals surface area (Å²) in [6, 6.07) is 8.30. The molecule has 2 aliphatic rings. The summed E-state index contributed by atoms with van der Waals surface area (Å²) in [6.07, 6.45) is 11.3. The van der Waals surface area contributed by atoms with E-state index in [0.29, 0.717) is 11.6 Å². The van der Waals surface area contributed by atoms with Crippen LogP contribution in [-0.4, -0.2) is 48.1 Å². The van der Waals surface area contributed by atoms with E-state index >= 15 is 0 Å². The number of anilines is 2. The Hall–Kier alpha value is -2.63. The largest absolute Gasteiger partial charge is 0.367 e. The van der Waals surface area contributed by atoms with Crippen LogP contribution in [0.4, 0.5) is 11.5 Å². The molecule has 2 aromatic rings. The van der Waals surface area contributed by atoms with Crippen molar-refractivity contribution in [1.82, 2.24) is 15.3 Å². The fourth-order valence-corrected chi connectivity index (χ4v) is 3.98. The molecule has 1 saturated carbocycles. The van der Waals surface area contributed by atoms with Gasteiger partial charge in [-0.3, -0.25) is 9.78 Å². The minimum Gasteiger partial charge on any atom is -0.367 e. The summed E-state index contributed by atoms with van der Waals surface area (Å²) in [5.41, 5.74) is 1.68. The second-order valence-corrected chi connectivity index (χ2v) is 7.40. The predicted octanol–water partition coefficient (Wildman–Crippen LogP) is 2.87. The highest BCUT2D eigenvalue weighted by atomic mass is 16.1. The first-order valence-electron chi connectivity index (χ1n) is 9.96. The minimum atomic E-state index is 0.00312. The number of hydrogen-bond donors (Lipinski definition) is 1. The number of carbonyl (C=O) groups is 1. The van der Waals surface area contributed by atoms with Gasteiger partial charge in [-0.25, -0.2) is 4.98 Å². The van der Waals surface area contributed by atoms with Crippen molar-refractivity contribution in [2.45, 2.75) is 38.1 Å². The Morgan fingerprint density at radius 1 is 1.00 bits per heavy atom. The zero-order valence-corrected chi connectivity index (χ0v) is 15.7. The molecule has 0 aromatic carbocycles. The topological polar surface area (TPSA) is 61.4 Å². The van der Waals surface area contributed by atoms with Gasteiger partial charge in [-0.1, -0.05) is 25.3 Å². The molecule has 1 aliphatic heterocycles. The first-order chi connectivity index (χ1) is 13.3. The molecule has 0 radical (unpaired) electrons. The third kappa shape index (κ3) is 4.38. The van der Waals surface area contributed by atoms with Crippen LogP contribution in [0.1, 0.15) is 42.5 Å². The Morgan fingerprint density at radius 2 is 1.78 bits per heavy atom. The van der Waals surface area contributed by atoms with E-state index in [1.165, 1.54) is 19.3 Å². The smallest absolute Gasteiger partial charge is 0.253 e. The lowest BCUT2D eigenvalue weighted by Crippen LogP contribution is -2.47. The van der Waals surface area contributed by atoms with Gasteiger partial charge in [-0.2, -0.15) is 0 Å². The lowest BCUT2D eigenvalue weighted by Gasteiger charge is -2.36. The highest BCUT2D eigenvalue weighted by Crippen LogP contribution is 2.21. The molecule has 0 bridgehead atoms. The van der Waals surface area contributed by atoms with E-state index in [2.05, 4.69) is 25.1 Å². The number of aromatic nitrogens is 2. The van der Waals surface area contributed by atoms with Crippen molar-refractivity contribution < 1.29 is 4.79 Å². The summed E-state index contributed by atoms with van der Waals surface area (Å²) >= 11 is 0. The standard InChI is InChI=1S/C21H27N5O/c27-21(24-18-6-2-1-3-7-18)17-14-19(16-22-15-17)25-10-12-26(13-11-25)20-8-4-5-9-23-20/h4-5,8-9,14-16,18H,1-3,6-7,10-13H2,(H,24,27). The molecule has 27 heavy (non-hydrogen) atoms. The van der Waals surface area contributed by atoms with Crippen LogP contribution < -0.4 is 15.1 Å². The Balaban J connectivity index is 1.37. The van der Waals surface area contributed by atoms with Crippen molar-refractivity contribution in [2.24, 2.45) is 0 Å². The van der Waals surface area contributed by atoms with Crippen LogP contribution in [0.3, 0.4) is 0 Å². The number of carbonyl (C=O) groups excluding carboxylic acids is 1. The van der Waals surface area contributed by atoms with Gasteiger partial charge in [0.25, 0.3) is 5.91 Å². The van der Waals surface area contributed by atoms with Crippen molar-refractivity contribution in [3.8, 4) is 0 Å². The predicted molar refractivity (Wildman–Crippen MR) is 107 cm³/mol. The Labute approximate surface area is 160 Å². The van der Waals surface area contributed by atoms with E-state index in [1.807, 2.05) is 36.7 Å². The summed E-state index contributed by atoms with van der Waals surface area (Å²) in [4.78, 5) is 25.9. The number of hydrogen-bond acceptors (Lipinski definition) is 5. The number of nitrogens with zero attached hydrogens (tertiary/aromatic N) is 4. The van der Waals surface area contributed by atoms with Crippen LogP contribution in [0.15, 0.2) is 42.9 Å². The van der Waals surface area contributed by atoms with Crippen molar-refractivity contribution in [2.75, 3.05) is 36.0 Å². The number of nitrogens with one attached hydrogen (secondary N) is 1.